The normalized spacial score (nSPS) is 32.4. The van der Waals surface area contributed by atoms with Crippen LogP contribution in [-0.4, -0.2) is 25.0 Å². The highest BCUT2D eigenvalue weighted by molar-refractivity contribution is 9.10. The molecule has 0 saturated heterocycles. The molecule has 0 aliphatic heterocycles. The predicted molar refractivity (Wildman–Crippen MR) is 96.2 cm³/mol. The highest BCUT2D eigenvalue weighted by atomic mass is 79.9. The Balaban J connectivity index is 1.27. The zero-order chi connectivity index (χ0) is 17.4. The molecular weight excluding hydrogens is 384 g/mol. The molecule has 5 heteroatoms. The van der Waals surface area contributed by atoms with Crippen LogP contribution in [0.1, 0.15) is 38.5 Å². The number of carbonyl (C=O) groups excluding carboxylic acids is 2. The van der Waals surface area contributed by atoms with Crippen molar-refractivity contribution < 1.29 is 19.1 Å². The number of ketones is 1. The molecule has 0 atom stereocenters. The molecule has 5 rings (SSSR count). The zero-order valence-electron chi connectivity index (χ0n) is 14.2. The molecular formula is C20H23BrO4. The standard InChI is InChI=1S/C20H23BrO4/c21-16-1-3-17(4-2-16)24-12-19(23)25-11-18(22)20-8-13-5-14(9-20)7-15(6-13)10-20/h1-4,13-15H,5-12H2. The highest BCUT2D eigenvalue weighted by Crippen LogP contribution is 2.60. The average molecular weight is 407 g/mol. The molecule has 4 aliphatic carbocycles. The Hall–Kier alpha value is -1.36. The van der Waals surface area contributed by atoms with Gasteiger partial charge >= 0.3 is 5.97 Å². The third-order valence-corrected chi connectivity index (χ3v) is 6.69. The van der Waals surface area contributed by atoms with Crippen LogP contribution in [0.3, 0.4) is 0 Å². The van der Waals surface area contributed by atoms with Crippen LogP contribution in [0.5, 0.6) is 5.75 Å². The Morgan fingerprint density at radius 1 is 0.960 bits per heavy atom. The van der Waals surface area contributed by atoms with Crippen molar-refractivity contribution in [3.8, 4) is 5.75 Å². The average Bonchev–Trinajstić information content (AvgIpc) is 2.58. The number of halogens is 1. The van der Waals surface area contributed by atoms with E-state index in [4.69, 9.17) is 9.47 Å². The fourth-order valence-electron chi connectivity index (χ4n) is 5.47. The van der Waals surface area contributed by atoms with Gasteiger partial charge in [-0.15, -0.1) is 0 Å². The molecule has 4 nitrogen and oxygen atoms in total. The molecule has 0 heterocycles. The lowest BCUT2D eigenvalue weighted by Crippen LogP contribution is -2.51. The van der Waals surface area contributed by atoms with Gasteiger partial charge in [-0.05, 0) is 80.5 Å². The summed E-state index contributed by atoms with van der Waals surface area (Å²) in [6.07, 6.45) is 6.91. The van der Waals surface area contributed by atoms with E-state index in [2.05, 4.69) is 15.9 Å². The molecule has 4 saturated carbocycles. The molecule has 1 aromatic rings. The van der Waals surface area contributed by atoms with Crippen LogP contribution >= 0.6 is 15.9 Å². The van der Waals surface area contributed by atoms with Crippen molar-refractivity contribution in [2.75, 3.05) is 13.2 Å². The van der Waals surface area contributed by atoms with Gasteiger partial charge in [-0.2, -0.15) is 0 Å². The molecule has 0 spiro atoms. The first-order valence-electron chi connectivity index (χ1n) is 9.10. The van der Waals surface area contributed by atoms with Gasteiger partial charge in [0.15, 0.2) is 19.0 Å². The van der Waals surface area contributed by atoms with Crippen molar-refractivity contribution in [2.45, 2.75) is 38.5 Å². The second-order valence-corrected chi connectivity index (χ2v) is 8.94. The number of Topliss-reactive ketones (excluding diaryl/α,β-unsaturated/α-hetero) is 1. The maximum atomic E-state index is 12.8. The molecule has 0 aromatic heterocycles. The number of benzene rings is 1. The lowest BCUT2D eigenvalue weighted by molar-refractivity contribution is -0.158. The van der Waals surface area contributed by atoms with Gasteiger partial charge in [0.2, 0.25) is 0 Å². The highest BCUT2D eigenvalue weighted by Gasteiger charge is 2.54. The molecule has 25 heavy (non-hydrogen) atoms. The summed E-state index contributed by atoms with van der Waals surface area (Å²) >= 11 is 3.35. The van der Waals surface area contributed by atoms with Crippen molar-refractivity contribution in [1.82, 2.24) is 0 Å². The Kier molecular flexibility index (Phi) is 4.61. The SMILES string of the molecule is O=C(COc1ccc(Br)cc1)OCC(=O)C12CC3CC(CC(C3)C1)C2. The van der Waals surface area contributed by atoms with E-state index < -0.39 is 5.97 Å². The Morgan fingerprint density at radius 3 is 2.08 bits per heavy atom. The number of ether oxygens (including phenoxy) is 2. The first kappa shape index (κ1) is 17.1. The zero-order valence-corrected chi connectivity index (χ0v) is 15.8. The molecule has 0 N–H and O–H groups in total. The second-order valence-electron chi connectivity index (χ2n) is 8.02. The summed E-state index contributed by atoms with van der Waals surface area (Å²) in [5.74, 6) is 2.39. The van der Waals surface area contributed by atoms with Crippen molar-refractivity contribution >= 4 is 27.7 Å². The van der Waals surface area contributed by atoms with Crippen LogP contribution in [0.2, 0.25) is 0 Å². The summed E-state index contributed by atoms with van der Waals surface area (Å²) in [5, 5.41) is 0. The Bertz CT molecular complexity index is 631. The quantitative estimate of drug-likeness (QED) is 0.665. The van der Waals surface area contributed by atoms with Gasteiger partial charge in [-0.1, -0.05) is 15.9 Å². The molecule has 4 aliphatic rings. The lowest BCUT2D eigenvalue weighted by atomic mass is 9.48. The molecule has 0 unspecified atom stereocenters. The molecule has 4 bridgehead atoms. The van der Waals surface area contributed by atoms with Gasteiger partial charge in [0.05, 0.1) is 0 Å². The summed E-state index contributed by atoms with van der Waals surface area (Å²) < 4.78 is 11.6. The summed E-state index contributed by atoms with van der Waals surface area (Å²) in [7, 11) is 0. The smallest absolute Gasteiger partial charge is 0.344 e. The minimum Gasteiger partial charge on any atom is -0.482 e. The number of rotatable bonds is 6. The lowest BCUT2D eigenvalue weighted by Gasteiger charge is -2.55. The van der Waals surface area contributed by atoms with E-state index in [-0.39, 0.29) is 24.4 Å². The third kappa shape index (κ3) is 3.62. The number of esters is 1. The van der Waals surface area contributed by atoms with E-state index in [0.717, 1.165) is 23.7 Å². The van der Waals surface area contributed by atoms with Crippen molar-refractivity contribution in [1.29, 1.82) is 0 Å². The van der Waals surface area contributed by atoms with Crippen molar-refractivity contribution in [3.63, 3.8) is 0 Å². The summed E-state index contributed by atoms with van der Waals surface area (Å²) in [5.41, 5.74) is -0.207. The van der Waals surface area contributed by atoms with Gasteiger partial charge in [0.1, 0.15) is 5.75 Å². The van der Waals surface area contributed by atoms with E-state index in [9.17, 15) is 9.59 Å². The molecule has 134 valence electrons. The Morgan fingerprint density at radius 2 is 1.52 bits per heavy atom. The second kappa shape index (κ2) is 6.75. The van der Waals surface area contributed by atoms with Crippen LogP contribution in [0.25, 0.3) is 0 Å². The van der Waals surface area contributed by atoms with Gasteiger partial charge < -0.3 is 9.47 Å². The fourth-order valence-corrected chi connectivity index (χ4v) is 5.73. The van der Waals surface area contributed by atoms with E-state index in [1.165, 1.54) is 19.3 Å². The van der Waals surface area contributed by atoms with E-state index in [1.807, 2.05) is 12.1 Å². The number of hydrogen-bond donors (Lipinski definition) is 0. The van der Waals surface area contributed by atoms with Crippen LogP contribution in [0, 0.1) is 23.2 Å². The first-order valence-corrected chi connectivity index (χ1v) is 9.89. The predicted octanol–water partition coefficient (Wildman–Crippen LogP) is 4.16. The van der Waals surface area contributed by atoms with Crippen molar-refractivity contribution in [2.24, 2.45) is 23.2 Å². The van der Waals surface area contributed by atoms with Gasteiger partial charge in [-0.25, -0.2) is 4.79 Å². The molecule has 0 amide bonds. The monoisotopic (exact) mass is 406 g/mol. The maximum absolute atomic E-state index is 12.8. The van der Waals surface area contributed by atoms with Crippen LogP contribution in [0.15, 0.2) is 28.7 Å². The molecule has 1 aromatic carbocycles. The minimum atomic E-state index is -0.485. The van der Waals surface area contributed by atoms with Crippen LogP contribution < -0.4 is 4.74 Å². The number of hydrogen-bond acceptors (Lipinski definition) is 4. The summed E-state index contributed by atoms with van der Waals surface area (Å²) in [6, 6.07) is 7.24. The summed E-state index contributed by atoms with van der Waals surface area (Å²) in [6.45, 7) is -0.273. The summed E-state index contributed by atoms with van der Waals surface area (Å²) in [4.78, 5) is 24.7. The molecule has 4 fully saturated rings. The van der Waals surface area contributed by atoms with Crippen molar-refractivity contribution in [3.05, 3.63) is 28.7 Å². The maximum Gasteiger partial charge on any atom is 0.344 e. The van der Waals surface area contributed by atoms with Gasteiger partial charge in [-0.3, -0.25) is 4.79 Å². The van der Waals surface area contributed by atoms with Crippen LogP contribution in [0.4, 0.5) is 0 Å². The van der Waals surface area contributed by atoms with E-state index >= 15 is 0 Å². The Labute approximate surface area is 156 Å². The van der Waals surface area contributed by atoms with E-state index in [1.54, 1.807) is 12.1 Å². The largest absolute Gasteiger partial charge is 0.482 e. The minimum absolute atomic E-state index is 0.102. The van der Waals surface area contributed by atoms with Gasteiger partial charge in [0, 0.05) is 9.89 Å². The first-order chi connectivity index (χ1) is 12.0. The third-order valence-electron chi connectivity index (χ3n) is 6.16. The topological polar surface area (TPSA) is 52.6 Å². The van der Waals surface area contributed by atoms with Crippen LogP contribution in [-0.2, 0) is 14.3 Å². The fraction of sp³-hybridized carbons (Fsp3) is 0.600. The molecule has 0 radical (unpaired) electrons. The van der Waals surface area contributed by atoms with E-state index in [0.29, 0.717) is 23.5 Å². The number of carbonyl (C=O) groups is 2. The van der Waals surface area contributed by atoms with Gasteiger partial charge in [0.25, 0.3) is 0 Å².